The molecular formula is C20H17F12NO3. The number of hydrogen-bond acceptors (Lipinski definition) is 3. The van der Waals surface area contributed by atoms with E-state index in [1.54, 1.807) is 0 Å². The van der Waals surface area contributed by atoms with E-state index in [0.717, 1.165) is 32.0 Å². The van der Waals surface area contributed by atoms with E-state index in [0.29, 0.717) is 12.1 Å². The Morgan fingerprint density at radius 3 is 1.53 bits per heavy atom. The first-order valence-electron chi connectivity index (χ1n) is 9.90. The summed E-state index contributed by atoms with van der Waals surface area (Å²) in [4.78, 5) is 12.3. The molecule has 4 nitrogen and oxygen atoms in total. The van der Waals surface area contributed by atoms with Crippen LogP contribution in [-0.4, -0.2) is 49.6 Å². The number of anilines is 1. The zero-order valence-electron chi connectivity index (χ0n) is 18.2. The maximum atomic E-state index is 14.4. The summed E-state index contributed by atoms with van der Waals surface area (Å²) >= 11 is 0. The molecule has 0 aromatic heterocycles. The summed E-state index contributed by atoms with van der Waals surface area (Å²) in [6.45, 7) is -0.631. The van der Waals surface area contributed by atoms with Gasteiger partial charge in [0.1, 0.15) is 0 Å². The molecule has 1 aliphatic heterocycles. The predicted octanol–water partition coefficient (Wildman–Crippen LogP) is 6.54. The summed E-state index contributed by atoms with van der Waals surface area (Å²) in [7, 11) is 0. The van der Waals surface area contributed by atoms with Gasteiger partial charge in [-0.25, -0.2) is 0 Å². The van der Waals surface area contributed by atoms with Crippen molar-refractivity contribution in [2.75, 3.05) is 18.1 Å². The van der Waals surface area contributed by atoms with E-state index in [1.807, 2.05) is 0 Å². The van der Waals surface area contributed by atoms with E-state index < -0.39 is 83.3 Å². The fourth-order valence-electron chi connectivity index (χ4n) is 3.95. The van der Waals surface area contributed by atoms with Crippen LogP contribution in [0.4, 0.5) is 58.4 Å². The normalized spacial score (nSPS) is 19.0. The topological polar surface area (TPSA) is 38.8 Å². The maximum absolute atomic E-state index is 14.4. The lowest BCUT2D eigenvalue weighted by atomic mass is 9.71. The fraction of sp³-hybridized carbons (Fsp3) is 0.550. The van der Waals surface area contributed by atoms with Gasteiger partial charge < -0.3 is 9.47 Å². The van der Waals surface area contributed by atoms with Crippen molar-refractivity contribution >= 4 is 11.6 Å². The van der Waals surface area contributed by atoms with E-state index >= 15 is 0 Å². The van der Waals surface area contributed by atoms with Gasteiger partial charge in [-0.15, -0.1) is 0 Å². The molecule has 1 aromatic carbocycles. The van der Waals surface area contributed by atoms with Gasteiger partial charge in [0, 0.05) is 24.6 Å². The zero-order chi connectivity index (χ0) is 28.0. The van der Waals surface area contributed by atoms with Gasteiger partial charge in [-0.05, 0) is 32.1 Å². The van der Waals surface area contributed by atoms with Gasteiger partial charge in [0.25, 0.3) is 11.3 Å². The Bertz CT molecular complexity index is 929. The van der Waals surface area contributed by atoms with Crippen LogP contribution in [0.2, 0.25) is 0 Å². The molecule has 0 atom stereocenters. The first-order valence-corrected chi connectivity index (χ1v) is 9.90. The van der Waals surface area contributed by atoms with Crippen molar-refractivity contribution in [1.29, 1.82) is 0 Å². The number of ether oxygens (including phenoxy) is 2. The lowest BCUT2D eigenvalue weighted by Gasteiger charge is -2.53. The third-order valence-corrected chi connectivity index (χ3v) is 5.18. The summed E-state index contributed by atoms with van der Waals surface area (Å²) in [6.07, 6.45) is -26.7. The number of benzene rings is 1. The third kappa shape index (κ3) is 4.64. The smallest absolute Gasteiger partial charge is 0.345 e. The summed E-state index contributed by atoms with van der Waals surface area (Å²) in [5.41, 5.74) is -9.16. The Labute approximate surface area is 195 Å². The van der Waals surface area contributed by atoms with Gasteiger partial charge in [-0.2, -0.15) is 52.7 Å². The van der Waals surface area contributed by atoms with Crippen LogP contribution in [0.15, 0.2) is 42.1 Å². The molecule has 0 aliphatic carbocycles. The van der Waals surface area contributed by atoms with Crippen molar-refractivity contribution in [3.8, 4) is 0 Å². The van der Waals surface area contributed by atoms with E-state index in [-0.39, 0.29) is 0 Å². The molecule has 0 fully saturated rings. The average molecular weight is 547 g/mol. The van der Waals surface area contributed by atoms with E-state index in [1.165, 1.54) is 0 Å². The number of allylic oxidation sites excluding steroid dienone is 1. The van der Waals surface area contributed by atoms with Gasteiger partial charge >= 0.3 is 24.7 Å². The van der Waals surface area contributed by atoms with Crippen LogP contribution in [0.1, 0.15) is 13.8 Å². The monoisotopic (exact) mass is 547 g/mol. The summed E-state index contributed by atoms with van der Waals surface area (Å²) in [5.74, 6) is -12.4. The second-order valence-corrected chi connectivity index (χ2v) is 7.34. The van der Waals surface area contributed by atoms with Crippen LogP contribution < -0.4 is 4.90 Å². The number of para-hydroxylation sites is 1. The van der Waals surface area contributed by atoms with Gasteiger partial charge in [0.15, 0.2) is 5.92 Å². The molecular weight excluding hydrogens is 530 g/mol. The minimum Gasteiger partial charge on any atom is -0.345 e. The third-order valence-electron chi connectivity index (χ3n) is 5.18. The number of alkyl halides is 12. The summed E-state index contributed by atoms with van der Waals surface area (Å²) in [5, 5.41) is 0. The fourth-order valence-corrected chi connectivity index (χ4v) is 3.95. The van der Waals surface area contributed by atoms with E-state index in [4.69, 9.17) is 0 Å². The van der Waals surface area contributed by atoms with Crippen LogP contribution in [-0.2, 0) is 14.3 Å². The minimum absolute atomic E-state index is 0.571. The van der Waals surface area contributed by atoms with Crippen LogP contribution in [0, 0.1) is 11.3 Å². The average Bonchev–Trinajstić information content (AvgIpc) is 2.64. The molecule has 0 N–H and O–H groups in total. The zero-order valence-corrected chi connectivity index (χ0v) is 18.2. The van der Waals surface area contributed by atoms with E-state index in [2.05, 4.69) is 9.47 Å². The highest BCUT2D eigenvalue weighted by molar-refractivity contribution is 6.04. The first-order chi connectivity index (χ1) is 16.2. The second kappa shape index (κ2) is 9.43. The number of rotatable bonds is 6. The molecule has 0 unspecified atom stereocenters. The molecule has 0 spiro atoms. The molecule has 1 heterocycles. The SMILES string of the molecule is CCOC1(OCC)C=C(C(C(F)(F)F)C(F)(F)F)N(c2ccccc2)C(=O)C1(C(F)(F)F)C(F)(F)F. The Morgan fingerprint density at radius 2 is 1.19 bits per heavy atom. The van der Waals surface area contributed by atoms with Crippen molar-refractivity contribution in [2.24, 2.45) is 11.3 Å². The van der Waals surface area contributed by atoms with Crippen molar-refractivity contribution < 1.29 is 67.0 Å². The van der Waals surface area contributed by atoms with Gasteiger partial charge in [-0.3, -0.25) is 9.69 Å². The van der Waals surface area contributed by atoms with Crippen LogP contribution >= 0.6 is 0 Å². The highest BCUT2D eigenvalue weighted by atomic mass is 19.4. The van der Waals surface area contributed by atoms with Crippen molar-refractivity contribution in [3.63, 3.8) is 0 Å². The van der Waals surface area contributed by atoms with Crippen molar-refractivity contribution in [2.45, 2.75) is 44.3 Å². The molecule has 204 valence electrons. The first kappa shape index (κ1) is 29.7. The largest absolute Gasteiger partial charge is 0.417 e. The maximum Gasteiger partial charge on any atom is 0.417 e. The van der Waals surface area contributed by atoms with E-state index in [9.17, 15) is 57.5 Å². The molecule has 2 rings (SSSR count). The Morgan fingerprint density at radius 1 is 0.778 bits per heavy atom. The quantitative estimate of drug-likeness (QED) is 0.300. The van der Waals surface area contributed by atoms with Gasteiger partial charge in [-0.1, -0.05) is 18.2 Å². The second-order valence-electron chi connectivity index (χ2n) is 7.34. The number of hydrogen-bond donors (Lipinski definition) is 0. The number of nitrogens with zero attached hydrogens (tertiary/aromatic N) is 1. The Kier molecular flexibility index (Phi) is 7.79. The molecule has 16 heteroatoms. The lowest BCUT2D eigenvalue weighted by Crippen LogP contribution is -2.75. The molecule has 36 heavy (non-hydrogen) atoms. The lowest BCUT2D eigenvalue weighted by molar-refractivity contribution is -0.413. The van der Waals surface area contributed by atoms with Crippen LogP contribution in [0.5, 0.6) is 0 Å². The van der Waals surface area contributed by atoms with Gasteiger partial charge in [0.05, 0.1) is 0 Å². The molecule has 1 aliphatic rings. The van der Waals surface area contributed by atoms with Gasteiger partial charge in [0.2, 0.25) is 5.79 Å². The van der Waals surface area contributed by atoms with Crippen LogP contribution in [0.25, 0.3) is 0 Å². The predicted molar refractivity (Wildman–Crippen MR) is 98.1 cm³/mol. The molecule has 1 amide bonds. The Balaban J connectivity index is 3.23. The molecule has 0 saturated heterocycles. The van der Waals surface area contributed by atoms with Crippen LogP contribution in [0.3, 0.4) is 0 Å². The Hall–Kier alpha value is -2.49. The van der Waals surface area contributed by atoms with Crippen molar-refractivity contribution in [3.05, 3.63) is 42.1 Å². The molecule has 0 saturated carbocycles. The molecule has 1 aromatic rings. The molecule has 0 bridgehead atoms. The highest BCUT2D eigenvalue weighted by Crippen LogP contribution is 2.63. The summed E-state index contributed by atoms with van der Waals surface area (Å²) in [6, 6.07) is 4.01. The standard InChI is InChI=1S/C20H17F12NO3/c1-3-35-15(36-4-2)10-12(13(17(21,22)23)18(24,25)26)33(11-8-6-5-7-9-11)14(34)16(15,19(27,28)29)20(30,31)32/h5-10,13H,3-4H2,1-2H3. The number of carbonyl (C=O) groups is 1. The molecule has 0 radical (unpaired) electrons. The summed E-state index contributed by atoms with van der Waals surface area (Å²) < 4.78 is 177. The number of carbonyl (C=O) groups excluding carboxylic acids is 1. The highest BCUT2D eigenvalue weighted by Gasteiger charge is 2.88. The van der Waals surface area contributed by atoms with Crippen molar-refractivity contribution in [1.82, 2.24) is 0 Å². The minimum atomic E-state index is -6.67. The number of amides is 1. The number of halogens is 12.